The number of carbonyl (C=O) groups excluding carboxylic acids is 3. The summed E-state index contributed by atoms with van der Waals surface area (Å²) < 4.78 is 10.1. The van der Waals surface area contributed by atoms with Gasteiger partial charge in [0.25, 0.3) is 5.91 Å². The molecule has 0 aliphatic carbocycles. The van der Waals surface area contributed by atoms with E-state index < -0.39 is 11.9 Å². The van der Waals surface area contributed by atoms with Crippen molar-refractivity contribution >= 4 is 45.1 Å². The van der Waals surface area contributed by atoms with Crippen molar-refractivity contribution in [3.8, 4) is 0 Å². The molecular weight excluding hydrogens is 398 g/mol. The van der Waals surface area contributed by atoms with Crippen LogP contribution in [0.4, 0.5) is 5.69 Å². The van der Waals surface area contributed by atoms with Crippen LogP contribution in [0.2, 0.25) is 0 Å². The Morgan fingerprint density at radius 1 is 1.18 bits per heavy atom. The minimum atomic E-state index is -0.412. The Kier molecular flexibility index (Phi) is 9.70. The van der Waals surface area contributed by atoms with Gasteiger partial charge in [0.1, 0.15) is 0 Å². The number of carbonyl (C=O) groups is 3. The molecule has 0 unspecified atom stereocenters. The summed E-state index contributed by atoms with van der Waals surface area (Å²) in [6.07, 6.45) is 4.32. The highest BCUT2D eigenvalue weighted by molar-refractivity contribution is 8.77. The molecule has 1 aromatic rings. The molecule has 1 N–H and O–H groups in total. The second-order valence-corrected chi connectivity index (χ2v) is 9.60. The Morgan fingerprint density at radius 3 is 2.57 bits per heavy atom. The number of hydrogen-bond donors (Lipinski definition) is 1. The number of esters is 2. The van der Waals surface area contributed by atoms with Gasteiger partial charge in [-0.1, -0.05) is 28.0 Å². The molecule has 6 nitrogen and oxygen atoms in total. The van der Waals surface area contributed by atoms with Gasteiger partial charge >= 0.3 is 11.9 Å². The minimum absolute atomic E-state index is 0.192. The van der Waals surface area contributed by atoms with Crippen LogP contribution in [0.1, 0.15) is 56.3 Å². The number of amides is 1. The summed E-state index contributed by atoms with van der Waals surface area (Å²) in [6.45, 7) is 3.24. The lowest BCUT2D eigenvalue weighted by molar-refractivity contribution is -0.147. The summed E-state index contributed by atoms with van der Waals surface area (Å²) in [4.78, 5) is 35.4. The Hall–Kier alpha value is -1.67. The van der Waals surface area contributed by atoms with E-state index >= 15 is 0 Å². The van der Waals surface area contributed by atoms with E-state index in [1.165, 1.54) is 12.2 Å². The van der Waals surface area contributed by atoms with Crippen molar-refractivity contribution in [1.29, 1.82) is 0 Å². The quantitative estimate of drug-likeness (QED) is 0.337. The van der Waals surface area contributed by atoms with E-state index in [0.717, 1.165) is 19.3 Å². The van der Waals surface area contributed by atoms with E-state index in [9.17, 15) is 14.4 Å². The van der Waals surface area contributed by atoms with Gasteiger partial charge in [0, 0.05) is 23.1 Å². The molecule has 0 bridgehead atoms. The Bertz CT molecular complexity index is 657. The zero-order valence-corrected chi connectivity index (χ0v) is 17.9. The molecule has 1 saturated heterocycles. The number of benzene rings is 1. The summed E-state index contributed by atoms with van der Waals surface area (Å²) in [5, 5.41) is 3.35. The predicted octanol–water partition coefficient (Wildman–Crippen LogP) is 4.45. The van der Waals surface area contributed by atoms with Crippen molar-refractivity contribution in [2.24, 2.45) is 0 Å². The Balaban J connectivity index is 1.62. The third kappa shape index (κ3) is 8.56. The van der Waals surface area contributed by atoms with Crippen LogP contribution in [0.3, 0.4) is 0 Å². The van der Waals surface area contributed by atoms with Gasteiger partial charge in [-0.25, -0.2) is 4.79 Å². The van der Waals surface area contributed by atoms with Crippen LogP contribution in [-0.4, -0.2) is 41.6 Å². The van der Waals surface area contributed by atoms with E-state index in [0.29, 0.717) is 22.9 Å². The molecule has 1 amide bonds. The van der Waals surface area contributed by atoms with E-state index in [1.54, 1.807) is 38.1 Å². The van der Waals surface area contributed by atoms with Gasteiger partial charge in [-0.15, -0.1) is 0 Å². The number of ether oxygens (including phenoxy) is 2. The third-order valence-corrected chi connectivity index (χ3v) is 7.00. The lowest BCUT2D eigenvalue weighted by atomic mass is 10.1. The average molecular weight is 426 g/mol. The van der Waals surface area contributed by atoms with Crippen LogP contribution in [0.15, 0.2) is 24.3 Å². The second-order valence-electron chi connectivity index (χ2n) is 6.81. The van der Waals surface area contributed by atoms with Crippen LogP contribution in [0.5, 0.6) is 0 Å². The first-order valence-corrected chi connectivity index (χ1v) is 11.9. The van der Waals surface area contributed by atoms with Gasteiger partial charge in [-0.3, -0.25) is 9.59 Å². The molecule has 1 atom stereocenters. The topological polar surface area (TPSA) is 81.7 Å². The Morgan fingerprint density at radius 2 is 1.93 bits per heavy atom. The molecule has 28 heavy (non-hydrogen) atoms. The number of anilines is 1. The maximum absolute atomic E-state index is 11.9. The van der Waals surface area contributed by atoms with Gasteiger partial charge in [0.15, 0.2) is 6.61 Å². The van der Waals surface area contributed by atoms with Gasteiger partial charge in [-0.2, -0.15) is 0 Å². The summed E-state index contributed by atoms with van der Waals surface area (Å²) in [5.74, 6) is 0.0461. The van der Waals surface area contributed by atoms with Gasteiger partial charge in [0.2, 0.25) is 0 Å². The normalized spacial score (nSPS) is 16.0. The smallest absolute Gasteiger partial charge is 0.338 e. The second kappa shape index (κ2) is 12.0. The maximum Gasteiger partial charge on any atom is 0.338 e. The minimum Gasteiger partial charge on any atom is -0.459 e. The van der Waals surface area contributed by atoms with Crippen LogP contribution in [0, 0.1) is 0 Å². The zero-order valence-electron chi connectivity index (χ0n) is 16.3. The maximum atomic E-state index is 11.9. The predicted molar refractivity (Wildman–Crippen MR) is 114 cm³/mol. The fraction of sp³-hybridized carbons (Fsp3) is 0.550. The molecule has 1 heterocycles. The molecule has 1 aliphatic rings. The summed E-state index contributed by atoms with van der Waals surface area (Å²) in [6, 6.07) is 6.37. The van der Waals surface area contributed by atoms with Crippen LogP contribution in [-0.2, 0) is 19.1 Å². The fourth-order valence-corrected chi connectivity index (χ4v) is 5.62. The molecule has 8 heteroatoms. The third-order valence-electron chi connectivity index (χ3n) is 4.00. The lowest BCUT2D eigenvalue weighted by Crippen LogP contribution is -2.21. The zero-order chi connectivity index (χ0) is 20.4. The van der Waals surface area contributed by atoms with Gasteiger partial charge in [-0.05, 0) is 57.4 Å². The van der Waals surface area contributed by atoms with Crippen molar-refractivity contribution in [2.45, 2.75) is 57.3 Å². The fourth-order valence-electron chi connectivity index (χ4n) is 2.59. The first-order valence-electron chi connectivity index (χ1n) is 9.49. The molecule has 154 valence electrons. The Labute approximate surface area is 173 Å². The molecule has 0 spiro atoms. The van der Waals surface area contributed by atoms with E-state index in [-0.39, 0.29) is 18.7 Å². The van der Waals surface area contributed by atoms with Gasteiger partial charge in [0.05, 0.1) is 11.7 Å². The van der Waals surface area contributed by atoms with Crippen molar-refractivity contribution in [2.75, 3.05) is 17.7 Å². The molecule has 0 radical (unpaired) electrons. The molecule has 1 aromatic carbocycles. The first kappa shape index (κ1) is 22.6. The summed E-state index contributed by atoms with van der Waals surface area (Å²) in [7, 11) is 3.86. The number of rotatable bonds is 10. The summed E-state index contributed by atoms with van der Waals surface area (Å²) >= 11 is 0. The van der Waals surface area contributed by atoms with Crippen molar-refractivity contribution in [3.63, 3.8) is 0 Å². The standard InChI is InChI=1S/C20H27NO5S2/c1-14(2)26-20(24)15-7-9-16(10-8-15)21-18(22)13-25-19(23)6-4-3-5-17-11-12-27-28-17/h7-10,14,17H,3-6,11-13H2,1-2H3,(H,21,22)/t17-/m0/s1. The van der Waals surface area contributed by atoms with Gasteiger partial charge < -0.3 is 14.8 Å². The van der Waals surface area contributed by atoms with E-state index in [4.69, 9.17) is 9.47 Å². The molecule has 1 fully saturated rings. The number of unbranched alkanes of at least 4 members (excludes halogenated alkanes) is 1. The molecule has 0 aromatic heterocycles. The molecular formula is C20H27NO5S2. The monoisotopic (exact) mass is 425 g/mol. The van der Waals surface area contributed by atoms with E-state index in [1.807, 2.05) is 21.6 Å². The number of nitrogens with one attached hydrogen (secondary N) is 1. The van der Waals surface area contributed by atoms with Crippen molar-refractivity contribution in [1.82, 2.24) is 0 Å². The van der Waals surface area contributed by atoms with E-state index in [2.05, 4.69) is 5.32 Å². The van der Waals surface area contributed by atoms with Crippen molar-refractivity contribution in [3.05, 3.63) is 29.8 Å². The first-order chi connectivity index (χ1) is 13.4. The highest BCUT2D eigenvalue weighted by Crippen LogP contribution is 2.39. The lowest BCUT2D eigenvalue weighted by Gasteiger charge is -2.09. The molecule has 1 aliphatic heterocycles. The SMILES string of the molecule is CC(C)OC(=O)c1ccc(NC(=O)COC(=O)CCCC[C@H]2CCSS2)cc1. The van der Waals surface area contributed by atoms with Crippen LogP contribution in [0.25, 0.3) is 0 Å². The number of hydrogen-bond acceptors (Lipinski definition) is 7. The summed E-state index contributed by atoms with van der Waals surface area (Å²) in [5.41, 5.74) is 0.932. The van der Waals surface area contributed by atoms with Crippen molar-refractivity contribution < 1.29 is 23.9 Å². The highest BCUT2D eigenvalue weighted by Gasteiger charge is 2.16. The highest BCUT2D eigenvalue weighted by atomic mass is 33.1. The van der Waals surface area contributed by atoms with Crippen LogP contribution < -0.4 is 5.32 Å². The largest absolute Gasteiger partial charge is 0.459 e. The molecule has 2 rings (SSSR count). The van der Waals surface area contributed by atoms with Crippen LogP contribution >= 0.6 is 21.6 Å². The average Bonchev–Trinajstić information content (AvgIpc) is 3.17. The molecule has 0 saturated carbocycles.